The Hall–Kier alpha value is -1.79. The third kappa shape index (κ3) is 4.86. The van der Waals surface area contributed by atoms with Gasteiger partial charge in [0.2, 0.25) is 0 Å². The minimum atomic E-state index is 0.171. The van der Waals surface area contributed by atoms with E-state index in [1.165, 1.54) is 5.56 Å². The fourth-order valence-electron chi connectivity index (χ4n) is 3.46. The van der Waals surface area contributed by atoms with Gasteiger partial charge in [0, 0.05) is 39.6 Å². The van der Waals surface area contributed by atoms with Gasteiger partial charge in [-0.05, 0) is 18.1 Å². The van der Waals surface area contributed by atoms with Crippen LogP contribution in [-0.2, 0) is 15.9 Å². The second-order valence-corrected chi connectivity index (χ2v) is 6.65. The molecule has 1 aromatic rings. The van der Waals surface area contributed by atoms with Crippen molar-refractivity contribution in [1.29, 1.82) is 0 Å². The van der Waals surface area contributed by atoms with Crippen molar-refractivity contribution in [2.45, 2.75) is 18.9 Å². The lowest BCUT2D eigenvalue weighted by molar-refractivity contribution is 0.0536. The largest absolute Gasteiger partial charge is 0.488 e. The molecule has 0 bridgehead atoms. The summed E-state index contributed by atoms with van der Waals surface area (Å²) in [5.74, 6) is 2.53. The first-order valence-corrected chi connectivity index (χ1v) is 9.07. The van der Waals surface area contributed by atoms with Gasteiger partial charge in [-0.25, -0.2) is 0 Å². The fraction of sp³-hybridized carbons (Fsp3) is 0.632. The molecule has 0 saturated carbocycles. The predicted octanol–water partition coefficient (Wildman–Crippen LogP) is 1.55. The molecule has 138 valence electrons. The van der Waals surface area contributed by atoms with Crippen molar-refractivity contribution in [3.05, 3.63) is 29.8 Å². The van der Waals surface area contributed by atoms with E-state index < -0.39 is 0 Å². The number of rotatable bonds is 7. The van der Waals surface area contributed by atoms with E-state index in [4.69, 9.17) is 14.2 Å². The molecule has 25 heavy (non-hydrogen) atoms. The average molecular weight is 347 g/mol. The van der Waals surface area contributed by atoms with E-state index in [1.807, 2.05) is 19.2 Å². The first kappa shape index (κ1) is 18.0. The third-order valence-electron chi connectivity index (χ3n) is 4.78. The van der Waals surface area contributed by atoms with Crippen LogP contribution in [0.5, 0.6) is 5.75 Å². The molecule has 6 heteroatoms. The number of methoxy groups -OCH3 is 1. The highest BCUT2D eigenvalue weighted by Gasteiger charge is 2.27. The molecule has 0 spiro atoms. The molecule has 0 aliphatic carbocycles. The normalized spacial score (nSPS) is 22.8. The average Bonchev–Trinajstić information content (AvgIpc) is 3.26. The molecule has 2 unspecified atom stereocenters. The Morgan fingerprint density at radius 3 is 3.04 bits per heavy atom. The summed E-state index contributed by atoms with van der Waals surface area (Å²) >= 11 is 0. The van der Waals surface area contributed by atoms with E-state index in [9.17, 15) is 0 Å². The Bertz CT molecular complexity index is 554. The van der Waals surface area contributed by atoms with Gasteiger partial charge in [0.05, 0.1) is 26.4 Å². The number of hydrogen-bond donors (Lipinski definition) is 1. The minimum Gasteiger partial charge on any atom is -0.488 e. The maximum absolute atomic E-state index is 5.99. The topological polar surface area (TPSA) is 55.3 Å². The number of hydrogen-bond acceptors (Lipinski definition) is 4. The minimum absolute atomic E-state index is 0.171. The van der Waals surface area contributed by atoms with Crippen LogP contribution >= 0.6 is 0 Å². The number of likely N-dealkylation sites (tertiary alicyclic amines) is 1. The maximum atomic E-state index is 5.99. The van der Waals surface area contributed by atoms with Crippen molar-refractivity contribution >= 4 is 5.96 Å². The van der Waals surface area contributed by atoms with Crippen LogP contribution in [0.25, 0.3) is 0 Å². The molecule has 2 aliphatic heterocycles. The highest BCUT2D eigenvalue weighted by Crippen LogP contribution is 2.27. The number of benzene rings is 1. The Morgan fingerprint density at radius 1 is 1.36 bits per heavy atom. The van der Waals surface area contributed by atoms with Crippen molar-refractivity contribution < 1.29 is 14.2 Å². The van der Waals surface area contributed by atoms with Crippen LogP contribution < -0.4 is 10.1 Å². The quantitative estimate of drug-likeness (QED) is 0.461. The van der Waals surface area contributed by atoms with E-state index in [1.54, 1.807) is 7.11 Å². The van der Waals surface area contributed by atoms with Crippen LogP contribution in [0.1, 0.15) is 12.0 Å². The maximum Gasteiger partial charge on any atom is 0.193 e. The van der Waals surface area contributed by atoms with E-state index in [2.05, 4.69) is 27.3 Å². The number of ether oxygens (including phenoxy) is 3. The number of fused-ring (bicyclic) bond motifs is 1. The number of nitrogens with one attached hydrogen (secondary N) is 1. The molecule has 2 heterocycles. The van der Waals surface area contributed by atoms with Crippen LogP contribution in [0.3, 0.4) is 0 Å². The molecule has 1 aromatic carbocycles. The van der Waals surface area contributed by atoms with Crippen LogP contribution in [0.15, 0.2) is 29.3 Å². The summed E-state index contributed by atoms with van der Waals surface area (Å²) in [5, 5.41) is 3.48. The van der Waals surface area contributed by atoms with E-state index >= 15 is 0 Å². The Balaban J connectivity index is 1.40. The zero-order valence-electron chi connectivity index (χ0n) is 15.2. The first-order chi connectivity index (χ1) is 12.3. The van der Waals surface area contributed by atoms with E-state index in [-0.39, 0.29) is 6.10 Å². The summed E-state index contributed by atoms with van der Waals surface area (Å²) in [7, 11) is 3.54. The number of guanidine groups is 1. The van der Waals surface area contributed by atoms with Crippen LogP contribution in [0.2, 0.25) is 0 Å². The monoisotopic (exact) mass is 347 g/mol. The van der Waals surface area contributed by atoms with Crippen molar-refractivity contribution in [2.75, 3.05) is 53.6 Å². The van der Waals surface area contributed by atoms with E-state index in [0.29, 0.717) is 19.1 Å². The van der Waals surface area contributed by atoms with Gasteiger partial charge < -0.3 is 24.4 Å². The van der Waals surface area contributed by atoms with Gasteiger partial charge >= 0.3 is 0 Å². The third-order valence-corrected chi connectivity index (χ3v) is 4.78. The molecule has 2 aliphatic rings. The first-order valence-electron chi connectivity index (χ1n) is 9.07. The van der Waals surface area contributed by atoms with Crippen molar-refractivity contribution in [3.63, 3.8) is 0 Å². The summed E-state index contributed by atoms with van der Waals surface area (Å²) in [6.45, 7) is 4.88. The van der Waals surface area contributed by atoms with Gasteiger partial charge in [-0.15, -0.1) is 0 Å². The van der Waals surface area contributed by atoms with Gasteiger partial charge in [0.25, 0.3) is 0 Å². The molecule has 1 fully saturated rings. The standard InChI is InChI=1S/C19H29N3O3/c1-20-19(22-8-7-15(13-22)14-24-10-9-23-2)21-12-17-11-16-5-3-4-6-18(16)25-17/h3-6,15,17H,7-14H2,1-2H3,(H,20,21). The van der Waals surface area contributed by atoms with Crippen molar-refractivity contribution in [3.8, 4) is 5.75 Å². The van der Waals surface area contributed by atoms with Crippen LogP contribution in [0, 0.1) is 5.92 Å². The van der Waals surface area contributed by atoms with Crippen LogP contribution in [-0.4, -0.2) is 70.6 Å². The van der Waals surface area contributed by atoms with Crippen molar-refractivity contribution in [2.24, 2.45) is 10.9 Å². The van der Waals surface area contributed by atoms with Crippen molar-refractivity contribution in [1.82, 2.24) is 10.2 Å². The lowest BCUT2D eigenvalue weighted by Gasteiger charge is -2.23. The highest BCUT2D eigenvalue weighted by molar-refractivity contribution is 5.80. The van der Waals surface area contributed by atoms with Crippen LogP contribution in [0.4, 0.5) is 0 Å². The summed E-state index contributed by atoms with van der Waals surface area (Å²) in [4.78, 5) is 6.75. The van der Waals surface area contributed by atoms with Gasteiger partial charge in [0.1, 0.15) is 11.9 Å². The molecule has 1 N–H and O–H groups in total. The molecule has 0 amide bonds. The Morgan fingerprint density at radius 2 is 2.24 bits per heavy atom. The number of nitrogens with zero attached hydrogens (tertiary/aromatic N) is 2. The number of para-hydroxylation sites is 1. The van der Waals surface area contributed by atoms with Gasteiger partial charge in [-0.1, -0.05) is 18.2 Å². The van der Waals surface area contributed by atoms with Gasteiger partial charge in [0.15, 0.2) is 5.96 Å². The molecule has 0 radical (unpaired) electrons. The molecular formula is C19H29N3O3. The smallest absolute Gasteiger partial charge is 0.193 e. The zero-order valence-corrected chi connectivity index (χ0v) is 15.2. The van der Waals surface area contributed by atoms with E-state index in [0.717, 1.165) is 50.8 Å². The summed E-state index contributed by atoms with van der Waals surface area (Å²) in [6, 6.07) is 8.26. The highest BCUT2D eigenvalue weighted by atomic mass is 16.5. The molecule has 2 atom stereocenters. The SMILES string of the molecule is CN=C(NCC1Cc2ccccc2O1)N1CCC(COCCOC)C1. The molecular weight excluding hydrogens is 318 g/mol. The molecule has 0 aromatic heterocycles. The lowest BCUT2D eigenvalue weighted by atomic mass is 10.1. The molecule has 3 rings (SSSR count). The fourth-order valence-corrected chi connectivity index (χ4v) is 3.46. The lowest BCUT2D eigenvalue weighted by Crippen LogP contribution is -2.44. The summed E-state index contributed by atoms with van der Waals surface area (Å²) < 4.78 is 16.7. The van der Waals surface area contributed by atoms with Gasteiger partial charge in [-0.2, -0.15) is 0 Å². The second-order valence-electron chi connectivity index (χ2n) is 6.65. The molecule has 6 nitrogen and oxygen atoms in total. The van der Waals surface area contributed by atoms with Gasteiger partial charge in [-0.3, -0.25) is 4.99 Å². The summed E-state index contributed by atoms with van der Waals surface area (Å²) in [6.07, 6.45) is 2.26. The predicted molar refractivity (Wildman–Crippen MR) is 98.3 cm³/mol. The zero-order chi connectivity index (χ0) is 17.5. The summed E-state index contributed by atoms with van der Waals surface area (Å²) in [5.41, 5.74) is 1.29. The Labute approximate surface area is 150 Å². The molecule has 1 saturated heterocycles. The number of aliphatic imine (C=N–C) groups is 1. The Kier molecular flexibility index (Phi) is 6.53. The second kappa shape index (κ2) is 9.06.